The van der Waals surface area contributed by atoms with Gasteiger partial charge in [-0.2, -0.15) is 0 Å². The van der Waals surface area contributed by atoms with E-state index in [1.54, 1.807) is 0 Å². The number of benzene rings is 1. The predicted octanol–water partition coefficient (Wildman–Crippen LogP) is 3.05. The van der Waals surface area contributed by atoms with E-state index in [2.05, 4.69) is 41.5 Å². The minimum atomic E-state index is 0.157. The highest BCUT2D eigenvalue weighted by Gasteiger charge is 2.20. The Morgan fingerprint density at radius 3 is 2.90 bits per heavy atom. The molecule has 1 aliphatic rings. The van der Waals surface area contributed by atoms with E-state index in [4.69, 9.17) is 4.74 Å². The van der Waals surface area contributed by atoms with E-state index in [9.17, 15) is 0 Å². The molecule has 20 heavy (non-hydrogen) atoms. The lowest BCUT2D eigenvalue weighted by atomic mass is 9.97. The van der Waals surface area contributed by atoms with Crippen molar-refractivity contribution in [2.45, 2.75) is 25.5 Å². The van der Waals surface area contributed by atoms with Crippen molar-refractivity contribution in [1.82, 2.24) is 10.3 Å². The van der Waals surface area contributed by atoms with Crippen LogP contribution in [0.3, 0.4) is 0 Å². The van der Waals surface area contributed by atoms with E-state index in [1.807, 2.05) is 24.5 Å². The Balaban J connectivity index is 1.65. The van der Waals surface area contributed by atoms with Gasteiger partial charge in [-0.15, -0.1) is 0 Å². The number of ether oxygens (including phenoxy) is 1. The molecule has 0 spiro atoms. The van der Waals surface area contributed by atoms with Crippen molar-refractivity contribution in [3.05, 3.63) is 65.5 Å². The smallest absolute Gasteiger partial charge is 0.0952 e. The molecule has 1 aromatic heterocycles. The van der Waals surface area contributed by atoms with Gasteiger partial charge in [-0.05, 0) is 42.2 Å². The van der Waals surface area contributed by atoms with Crippen LogP contribution in [0.15, 0.2) is 48.8 Å². The molecule has 3 nitrogen and oxygen atoms in total. The van der Waals surface area contributed by atoms with Crippen LogP contribution in [-0.4, -0.2) is 18.1 Å². The minimum Gasteiger partial charge on any atom is -0.372 e. The number of pyridine rings is 1. The van der Waals surface area contributed by atoms with E-state index in [0.717, 1.165) is 19.6 Å². The maximum Gasteiger partial charge on any atom is 0.0952 e. The lowest BCUT2D eigenvalue weighted by Gasteiger charge is -2.27. The first-order chi connectivity index (χ1) is 9.84. The van der Waals surface area contributed by atoms with Gasteiger partial charge in [0, 0.05) is 25.0 Å². The Hall–Kier alpha value is -1.71. The van der Waals surface area contributed by atoms with Crippen molar-refractivity contribution in [2.75, 3.05) is 13.2 Å². The SMILES string of the molecule is C[C@H](NCC1OCCc2ccccc21)c1ccncc1. The Labute approximate surface area is 120 Å². The summed E-state index contributed by atoms with van der Waals surface area (Å²) in [5.41, 5.74) is 4.00. The molecule has 0 fully saturated rings. The average Bonchev–Trinajstić information content (AvgIpc) is 2.53. The van der Waals surface area contributed by atoms with Crippen molar-refractivity contribution in [2.24, 2.45) is 0 Å². The third-order valence-electron chi connectivity index (χ3n) is 3.91. The van der Waals surface area contributed by atoms with Crippen LogP contribution in [0.4, 0.5) is 0 Å². The van der Waals surface area contributed by atoms with Gasteiger partial charge in [0.1, 0.15) is 0 Å². The molecule has 1 N–H and O–H groups in total. The summed E-state index contributed by atoms with van der Waals surface area (Å²) in [6.45, 7) is 3.82. The molecule has 2 heterocycles. The van der Waals surface area contributed by atoms with Crippen molar-refractivity contribution in [3.8, 4) is 0 Å². The lowest BCUT2D eigenvalue weighted by molar-refractivity contribution is 0.0410. The summed E-state index contributed by atoms with van der Waals surface area (Å²) in [5, 5.41) is 3.56. The topological polar surface area (TPSA) is 34.1 Å². The molecule has 0 bridgehead atoms. The summed E-state index contributed by atoms with van der Waals surface area (Å²) >= 11 is 0. The molecular weight excluding hydrogens is 248 g/mol. The highest BCUT2D eigenvalue weighted by atomic mass is 16.5. The second-order valence-electron chi connectivity index (χ2n) is 5.22. The van der Waals surface area contributed by atoms with Crippen molar-refractivity contribution in [1.29, 1.82) is 0 Å². The van der Waals surface area contributed by atoms with Gasteiger partial charge in [0.2, 0.25) is 0 Å². The zero-order valence-corrected chi connectivity index (χ0v) is 11.8. The van der Waals surface area contributed by atoms with Crippen LogP contribution in [0.5, 0.6) is 0 Å². The largest absolute Gasteiger partial charge is 0.372 e. The fourth-order valence-corrected chi connectivity index (χ4v) is 2.70. The van der Waals surface area contributed by atoms with Gasteiger partial charge in [-0.3, -0.25) is 4.98 Å². The Morgan fingerprint density at radius 2 is 2.05 bits per heavy atom. The standard InChI is InChI=1S/C17H20N2O/c1-13(14-6-9-18-10-7-14)19-12-17-16-5-3-2-4-15(16)8-11-20-17/h2-7,9-10,13,17,19H,8,11-12H2,1H3/t13-,17?/m0/s1. The predicted molar refractivity (Wildman–Crippen MR) is 79.5 cm³/mol. The van der Waals surface area contributed by atoms with Gasteiger partial charge >= 0.3 is 0 Å². The Morgan fingerprint density at radius 1 is 1.25 bits per heavy atom. The maximum absolute atomic E-state index is 5.92. The average molecular weight is 268 g/mol. The molecule has 3 heteroatoms. The number of nitrogens with zero attached hydrogens (tertiary/aromatic N) is 1. The number of fused-ring (bicyclic) bond motifs is 1. The fourth-order valence-electron chi connectivity index (χ4n) is 2.70. The third kappa shape index (κ3) is 2.89. The van der Waals surface area contributed by atoms with Crippen LogP contribution >= 0.6 is 0 Å². The zero-order valence-electron chi connectivity index (χ0n) is 11.8. The van der Waals surface area contributed by atoms with E-state index < -0.39 is 0 Å². The van der Waals surface area contributed by atoms with Crippen molar-refractivity contribution < 1.29 is 4.74 Å². The molecule has 0 aliphatic carbocycles. The van der Waals surface area contributed by atoms with Crippen LogP contribution in [0, 0.1) is 0 Å². The summed E-state index contributed by atoms with van der Waals surface area (Å²) < 4.78 is 5.92. The second-order valence-corrected chi connectivity index (χ2v) is 5.22. The monoisotopic (exact) mass is 268 g/mol. The Kier molecular flexibility index (Phi) is 4.09. The first-order valence-electron chi connectivity index (χ1n) is 7.17. The molecule has 1 unspecified atom stereocenters. The van der Waals surface area contributed by atoms with Gasteiger partial charge < -0.3 is 10.1 Å². The molecule has 0 saturated carbocycles. The molecule has 0 saturated heterocycles. The summed E-state index contributed by atoms with van der Waals surface area (Å²) in [4.78, 5) is 4.06. The number of hydrogen-bond donors (Lipinski definition) is 1. The molecular formula is C17H20N2O. The Bertz CT molecular complexity index is 556. The van der Waals surface area contributed by atoms with Gasteiger partial charge in [0.15, 0.2) is 0 Å². The third-order valence-corrected chi connectivity index (χ3v) is 3.91. The highest BCUT2D eigenvalue weighted by Crippen LogP contribution is 2.26. The lowest BCUT2D eigenvalue weighted by Crippen LogP contribution is -2.29. The second kappa shape index (κ2) is 6.16. The van der Waals surface area contributed by atoms with Crippen LogP contribution in [0.25, 0.3) is 0 Å². The molecule has 2 atom stereocenters. The van der Waals surface area contributed by atoms with Crippen LogP contribution in [-0.2, 0) is 11.2 Å². The molecule has 0 radical (unpaired) electrons. The normalized spacial score (nSPS) is 19.4. The summed E-state index contributed by atoms with van der Waals surface area (Å²) in [6.07, 6.45) is 4.84. The molecule has 3 rings (SSSR count). The number of aromatic nitrogens is 1. The van der Waals surface area contributed by atoms with E-state index in [-0.39, 0.29) is 6.10 Å². The molecule has 0 amide bonds. The van der Waals surface area contributed by atoms with E-state index >= 15 is 0 Å². The fraction of sp³-hybridized carbons (Fsp3) is 0.353. The van der Waals surface area contributed by atoms with Crippen LogP contribution < -0.4 is 5.32 Å². The highest BCUT2D eigenvalue weighted by molar-refractivity contribution is 5.31. The number of nitrogens with one attached hydrogen (secondary N) is 1. The molecule has 1 aromatic carbocycles. The number of hydrogen-bond acceptors (Lipinski definition) is 3. The molecule has 104 valence electrons. The van der Waals surface area contributed by atoms with Crippen LogP contribution in [0.1, 0.15) is 35.8 Å². The van der Waals surface area contributed by atoms with Gasteiger partial charge in [0.25, 0.3) is 0 Å². The zero-order chi connectivity index (χ0) is 13.8. The van der Waals surface area contributed by atoms with Crippen molar-refractivity contribution in [3.63, 3.8) is 0 Å². The summed E-state index contributed by atoms with van der Waals surface area (Å²) in [6, 6.07) is 13.0. The van der Waals surface area contributed by atoms with Crippen LogP contribution in [0.2, 0.25) is 0 Å². The first-order valence-corrected chi connectivity index (χ1v) is 7.17. The molecule has 2 aromatic rings. The van der Waals surface area contributed by atoms with E-state index in [1.165, 1.54) is 16.7 Å². The minimum absolute atomic E-state index is 0.157. The molecule has 1 aliphatic heterocycles. The summed E-state index contributed by atoms with van der Waals surface area (Å²) in [5.74, 6) is 0. The summed E-state index contributed by atoms with van der Waals surface area (Å²) in [7, 11) is 0. The number of rotatable bonds is 4. The maximum atomic E-state index is 5.92. The van der Waals surface area contributed by atoms with Gasteiger partial charge in [-0.1, -0.05) is 24.3 Å². The van der Waals surface area contributed by atoms with Crippen molar-refractivity contribution >= 4 is 0 Å². The van der Waals surface area contributed by atoms with E-state index in [0.29, 0.717) is 6.04 Å². The van der Waals surface area contributed by atoms with Gasteiger partial charge in [0.05, 0.1) is 12.7 Å². The quantitative estimate of drug-likeness (QED) is 0.925. The first kappa shape index (κ1) is 13.3. The van der Waals surface area contributed by atoms with Gasteiger partial charge in [-0.25, -0.2) is 0 Å².